The molecule has 8 fully saturated rings. The molecule has 0 amide bonds. The van der Waals surface area contributed by atoms with Crippen molar-refractivity contribution in [3.63, 3.8) is 0 Å². The number of aromatic hydroxyl groups is 2. The van der Waals surface area contributed by atoms with E-state index in [9.17, 15) is 60.2 Å². The molecule has 0 unspecified atom stereocenters. The summed E-state index contributed by atoms with van der Waals surface area (Å²) in [7, 11) is 10.2. The molecular formula is C80H112N2O37. The van der Waals surface area contributed by atoms with Crippen LogP contribution in [0, 0.1) is 10.1 Å². The molecule has 13 rings (SSSR count). The Balaban J connectivity index is 0.679. The van der Waals surface area contributed by atoms with E-state index in [1.54, 1.807) is 74.4 Å². The third-order valence-corrected chi connectivity index (χ3v) is 25.2. The zero-order valence-corrected chi connectivity index (χ0v) is 69.3. The second kappa shape index (κ2) is 35.8. The monoisotopic (exact) mass is 1690 g/mol. The number of fused-ring (bicyclic) bond motifs is 8. The summed E-state index contributed by atoms with van der Waals surface area (Å²) >= 11 is 0. The topological polar surface area (TPSA) is 497 Å². The molecule has 2 bridgehead atoms. The Morgan fingerprint density at radius 1 is 0.555 bits per heavy atom. The lowest BCUT2D eigenvalue weighted by atomic mass is 9.68. The minimum atomic E-state index is -2.06. The highest BCUT2D eigenvalue weighted by Gasteiger charge is 2.64. The zero-order valence-electron chi connectivity index (χ0n) is 69.3. The van der Waals surface area contributed by atoms with Gasteiger partial charge in [0.1, 0.15) is 77.6 Å². The van der Waals surface area contributed by atoms with Crippen LogP contribution < -0.4 is 4.74 Å². The van der Waals surface area contributed by atoms with E-state index in [-0.39, 0.29) is 67.4 Å². The van der Waals surface area contributed by atoms with Crippen molar-refractivity contribution in [2.45, 2.75) is 340 Å². The highest BCUT2D eigenvalue weighted by Crippen LogP contribution is 2.58. The van der Waals surface area contributed by atoms with Crippen LogP contribution in [0.25, 0.3) is 0 Å². The molecule has 39 heteroatoms. The molecule has 11 aliphatic rings. The molecule has 0 spiro atoms. The Bertz CT molecular complexity index is 4050. The van der Waals surface area contributed by atoms with Crippen molar-refractivity contribution in [3.05, 3.63) is 73.3 Å². The highest BCUT2D eigenvalue weighted by molar-refractivity contribution is 6.31. The van der Waals surface area contributed by atoms with Gasteiger partial charge in [0.05, 0.1) is 121 Å². The second-order valence-corrected chi connectivity index (χ2v) is 33.6. The molecule has 39 nitrogen and oxygen atoms in total. The number of methoxy groups -OCH3 is 5. The lowest BCUT2D eigenvalue weighted by Gasteiger charge is -2.56. The predicted molar refractivity (Wildman–Crippen MR) is 398 cm³/mol. The summed E-state index contributed by atoms with van der Waals surface area (Å²) in [6, 6.07) is 1.31. The Morgan fingerprint density at radius 3 is 1.55 bits per heavy atom. The van der Waals surface area contributed by atoms with Gasteiger partial charge in [-0.1, -0.05) is 0 Å². The Hall–Kier alpha value is -6.27. The minimum Gasteiger partial charge on any atom is -0.507 e. The molecule has 2 aliphatic carbocycles. The third-order valence-electron chi connectivity index (χ3n) is 25.2. The largest absolute Gasteiger partial charge is 0.507 e. The number of ketones is 2. The summed E-state index contributed by atoms with van der Waals surface area (Å²) in [6.07, 6.45) is -30.4. The number of ether oxygens (including phenoxy) is 22. The van der Waals surface area contributed by atoms with Crippen molar-refractivity contribution in [2.75, 3.05) is 49.6 Å². The number of phenols is 2. The molecule has 0 aromatic heterocycles. The Kier molecular flexibility index (Phi) is 27.2. The predicted octanol–water partition coefficient (Wildman–Crippen LogP) is 2.58. The summed E-state index contributed by atoms with van der Waals surface area (Å²) in [6.45, 7) is 15.9. The molecule has 0 radical (unpaired) electrons. The highest BCUT2D eigenvalue weighted by atomic mass is 16.8. The lowest BCUT2D eigenvalue weighted by Crippen LogP contribution is -2.70. The molecule has 2 aromatic rings. The van der Waals surface area contributed by atoms with Gasteiger partial charge in [-0.3, -0.25) is 24.5 Å². The molecule has 119 heavy (non-hydrogen) atoms. The molecular weight excluding hydrogens is 1580 g/mol. The summed E-state index contributed by atoms with van der Waals surface area (Å²) in [5.74, 6) is -8.80. The van der Waals surface area contributed by atoms with E-state index in [0.29, 0.717) is 6.08 Å². The van der Waals surface area contributed by atoms with Crippen molar-refractivity contribution < 1.29 is 174 Å². The van der Waals surface area contributed by atoms with Crippen molar-refractivity contribution in [2.24, 2.45) is 0 Å². The van der Waals surface area contributed by atoms with Crippen LogP contribution in [0.1, 0.15) is 181 Å². The van der Waals surface area contributed by atoms with Crippen LogP contribution in [0.15, 0.2) is 24.3 Å². The van der Waals surface area contributed by atoms with Crippen LogP contribution in [-0.2, 0) is 119 Å². The fraction of sp³-hybridized carbons (Fsp3) is 0.762. The van der Waals surface area contributed by atoms with Crippen LogP contribution >= 0.6 is 0 Å². The fourth-order valence-electron chi connectivity index (χ4n) is 19.2. The second-order valence-electron chi connectivity index (χ2n) is 33.6. The number of benzene rings is 2. The van der Waals surface area contributed by atoms with Crippen LogP contribution in [-0.4, -0.2) is 332 Å². The average Bonchev–Trinajstić information content (AvgIpc) is 0.690. The molecule has 8 saturated heterocycles. The Labute approximate surface area is 686 Å². The molecule has 8 N–H and O–H groups in total. The molecule has 9 aliphatic heterocycles. The molecule has 664 valence electrons. The van der Waals surface area contributed by atoms with Crippen molar-refractivity contribution in [1.29, 1.82) is 0 Å². The van der Waals surface area contributed by atoms with E-state index in [4.69, 9.17) is 109 Å². The summed E-state index contributed by atoms with van der Waals surface area (Å²) < 4.78 is 136. The van der Waals surface area contributed by atoms with E-state index in [1.165, 1.54) is 48.4 Å². The number of aliphatic carboxylic acids is 1. The first kappa shape index (κ1) is 90.5. The number of nitro groups is 1. The van der Waals surface area contributed by atoms with Crippen LogP contribution in [0.3, 0.4) is 0 Å². The summed E-state index contributed by atoms with van der Waals surface area (Å²) in [5, 5.41) is 106. The molecule has 36 atom stereocenters. The number of phenolic OH excluding ortho intramolecular Hbond substituents is 2. The van der Waals surface area contributed by atoms with Gasteiger partial charge < -0.3 is 150 Å². The number of nitrogens with zero attached hydrogens (tertiary/aromatic N) is 2. The van der Waals surface area contributed by atoms with Gasteiger partial charge in [0.15, 0.2) is 62.0 Å². The summed E-state index contributed by atoms with van der Waals surface area (Å²) in [5.41, 5.74) is -8.27. The zero-order chi connectivity index (χ0) is 86.4. The van der Waals surface area contributed by atoms with E-state index in [0.717, 1.165) is 19.3 Å². The van der Waals surface area contributed by atoms with Gasteiger partial charge in [0, 0.05) is 114 Å². The van der Waals surface area contributed by atoms with Crippen molar-refractivity contribution in [1.82, 2.24) is 4.90 Å². The van der Waals surface area contributed by atoms with E-state index in [2.05, 4.69) is 0 Å². The third kappa shape index (κ3) is 17.4. The van der Waals surface area contributed by atoms with Gasteiger partial charge in [-0.05, 0) is 94.1 Å². The van der Waals surface area contributed by atoms with Gasteiger partial charge >= 0.3 is 17.9 Å². The number of hydrogen-bond donors (Lipinski definition) is 8. The number of esters is 2. The quantitative estimate of drug-likeness (QED) is 0.0276. The van der Waals surface area contributed by atoms with Crippen LogP contribution in [0.5, 0.6) is 17.2 Å². The maximum Gasteiger partial charge on any atom is 0.331 e. The van der Waals surface area contributed by atoms with Gasteiger partial charge in [0.2, 0.25) is 12.1 Å². The number of carboxylic acid groups (broad SMARTS) is 1. The maximum atomic E-state index is 15.7. The van der Waals surface area contributed by atoms with Gasteiger partial charge in [-0.25, -0.2) is 9.59 Å². The number of aliphatic hydroxyl groups is 5. The van der Waals surface area contributed by atoms with Gasteiger partial charge in [0.25, 0.3) is 5.54 Å². The molecule has 0 saturated carbocycles. The number of carboxylic acids is 1. The first-order valence-corrected chi connectivity index (χ1v) is 40.1. The van der Waals surface area contributed by atoms with Gasteiger partial charge in [-0.2, -0.15) is 0 Å². The van der Waals surface area contributed by atoms with E-state index < -0.39 is 294 Å². The van der Waals surface area contributed by atoms with E-state index >= 15 is 9.59 Å². The smallest absolute Gasteiger partial charge is 0.331 e. The van der Waals surface area contributed by atoms with Crippen LogP contribution in [0.4, 0.5) is 0 Å². The van der Waals surface area contributed by atoms with Crippen molar-refractivity contribution >= 4 is 29.5 Å². The SMILES string of the molecule is COC(=O)[C@@H]1c2cc3c(c(O)c2[C@@H](O[C@H]2C[C@H](OC)[C@H](O[C@H]4C[C@H](O)[C@H](O[C@H]5C[C@H](OC)[C@H](O[C@H]6C[C@H](OC)[C@H](OC(=O)/C=C/C(=O)O)[C@H](C)O6)[C@H](C)O5)[C@H](C)O4)[C@H](C)O2)C[C@]1(C)O)C(=O)c1c(O)cc2c(c1C3=O)O[C@@H]1O[C@@]2(C)[C@@H](O[C@H]2C[C@H](O)[C@H](O[C@@H]3C[C@@](C)([N+](=O)[O-])[C@@H](O[C@H]4C[C@H](OC)[C@H](O)[C@H](C)O4)[C@H](C)O3)[C@H](C)O2)[C@@H](N(C)C)[C@@H]1O. The number of rotatable bonds is 24. The number of hydrogen-bond acceptors (Lipinski definition) is 37. The maximum absolute atomic E-state index is 15.7. The number of carbonyl (C=O) groups is 5. The average molecular weight is 1690 g/mol. The van der Waals surface area contributed by atoms with E-state index in [1.807, 2.05) is 0 Å². The fourth-order valence-corrected chi connectivity index (χ4v) is 19.2. The number of aliphatic hydroxyl groups excluding tert-OH is 4. The number of carbonyl (C=O) groups excluding carboxylic acids is 4. The number of likely N-dealkylation sites (N-methyl/N-ethyl adjacent to an activating group) is 1. The molecule has 2 aromatic carbocycles. The van der Waals surface area contributed by atoms with Crippen LogP contribution in [0.2, 0.25) is 0 Å². The molecule has 9 heterocycles. The summed E-state index contributed by atoms with van der Waals surface area (Å²) in [4.78, 5) is 82.7. The normalized spacial score (nSPS) is 43.5. The minimum absolute atomic E-state index is 0.0384. The standard InChI is InChI=1S/C80H112N2O37/c1-30-63(89)43(98-13)24-55(103-30)116-74-36(7)109-56(29-78(74,8)82(96)97)115-69-32(3)105-51(23-42(69)85)117-75-62(81(11)12)67(93)77-118-73-39(80(75,10)119-77)21-40(83)59-60(73)64(90)38-20-37-57(65(91)58(38)66(59)92)47(28-79(9,95)61(37)76(94)102-17)110-52-25-45(100-15)71(34(5)106-52)113-50-22-41(84)68(31(2)104-50)112-53-27-46(101-16)72(35(6)108-53)114-54-26-44(99-14)70(33(4)107-54)111-49(88)19-18-48(86)87/h18-21,30-36,41-47,50-56,61-63,67-72,74-75,77,83-85,89,91,93,95H,22-29H2,1-17H3,(H,86,87)/b19-18+/t30-,31-,32-,33-,34-,35-,36-,41-,42-,43-,44-,45-,46-,47-,50-,51-,52-,53-,54-,55-,56+,61-,62-,63+,67-,68+,69+,70+,71+,72+,74-,75-,77+,78+,79-,80+/m0/s1. The first-order valence-electron chi connectivity index (χ1n) is 40.1. The van der Waals surface area contributed by atoms with Crippen molar-refractivity contribution in [3.8, 4) is 17.2 Å². The Morgan fingerprint density at radius 2 is 1.03 bits per heavy atom. The lowest BCUT2D eigenvalue weighted by molar-refractivity contribution is -0.599. The first-order chi connectivity index (χ1) is 56.2. The van der Waals surface area contributed by atoms with Gasteiger partial charge in [-0.15, -0.1) is 0 Å².